The number of nitrogens with zero attached hydrogens (tertiary/aromatic N) is 1. The van der Waals surface area contributed by atoms with Crippen LogP contribution in [0.5, 0.6) is 0 Å². The summed E-state index contributed by atoms with van der Waals surface area (Å²) in [5.74, 6) is -0.492. The summed E-state index contributed by atoms with van der Waals surface area (Å²) in [6.45, 7) is 3.40. The van der Waals surface area contributed by atoms with Gasteiger partial charge < -0.3 is 10.4 Å². The van der Waals surface area contributed by atoms with Crippen LogP contribution in [-0.2, 0) is 9.59 Å². The van der Waals surface area contributed by atoms with Crippen LogP contribution in [0.2, 0.25) is 0 Å². The molecule has 3 unspecified atom stereocenters. The Morgan fingerprint density at radius 2 is 1.71 bits per heavy atom. The summed E-state index contributed by atoms with van der Waals surface area (Å²) in [6.07, 6.45) is -0.216. The molecule has 0 spiro atoms. The van der Waals surface area contributed by atoms with Crippen LogP contribution in [0, 0.1) is 23.2 Å². The fourth-order valence-electron chi connectivity index (χ4n) is 6.76. The van der Waals surface area contributed by atoms with Crippen molar-refractivity contribution in [3.8, 4) is 0 Å². The van der Waals surface area contributed by atoms with E-state index < -0.39 is 29.1 Å². The summed E-state index contributed by atoms with van der Waals surface area (Å²) in [7, 11) is 0. The number of hydrogen-bond acceptors (Lipinski definition) is 3. The summed E-state index contributed by atoms with van der Waals surface area (Å²) in [5.41, 5.74) is -1.92. The zero-order chi connectivity index (χ0) is 20.5. The molecule has 4 bridgehead atoms. The van der Waals surface area contributed by atoms with Crippen LogP contribution in [0.4, 0.5) is 13.2 Å². The first-order valence-electron chi connectivity index (χ1n) is 10.3. The summed E-state index contributed by atoms with van der Waals surface area (Å²) < 4.78 is 40.2. The standard InChI is InChI=1S/C20H29F3N2O3/c1-18(2,25-5-3-4-14(25)20(21,22)23)16(26)24-15-12-6-11-7-13(15)10-19(8-11,9-12)17(27)28/h11-15H,3-10H2,1-2H3,(H,24,26)(H,27,28). The minimum absolute atomic E-state index is 0.0255. The Kier molecular flexibility index (Phi) is 4.53. The highest BCUT2D eigenvalue weighted by Gasteiger charge is 2.60. The second-order valence-electron chi connectivity index (χ2n) is 10.0. The van der Waals surface area contributed by atoms with Crippen LogP contribution < -0.4 is 5.32 Å². The fourth-order valence-corrected chi connectivity index (χ4v) is 6.76. The summed E-state index contributed by atoms with van der Waals surface area (Å²) in [6, 6.07) is -1.70. The normalized spacial score (nSPS) is 40.7. The third kappa shape index (κ3) is 3.02. The lowest BCUT2D eigenvalue weighted by Crippen LogP contribution is -2.65. The summed E-state index contributed by atoms with van der Waals surface area (Å²) in [5, 5.41) is 12.8. The average Bonchev–Trinajstić information content (AvgIpc) is 3.08. The van der Waals surface area contributed by atoms with Gasteiger partial charge in [0.1, 0.15) is 6.04 Å². The fraction of sp³-hybridized carbons (Fsp3) is 0.900. The molecule has 3 atom stereocenters. The van der Waals surface area contributed by atoms with Crippen LogP contribution in [-0.4, -0.2) is 52.2 Å². The second-order valence-corrected chi connectivity index (χ2v) is 10.0. The maximum atomic E-state index is 13.4. The van der Waals surface area contributed by atoms with Crippen molar-refractivity contribution in [3.05, 3.63) is 0 Å². The van der Waals surface area contributed by atoms with Crippen LogP contribution in [0.25, 0.3) is 0 Å². The monoisotopic (exact) mass is 402 g/mol. The van der Waals surface area contributed by atoms with Crippen molar-refractivity contribution in [2.45, 2.75) is 82.6 Å². The molecule has 5 fully saturated rings. The summed E-state index contributed by atoms with van der Waals surface area (Å²) in [4.78, 5) is 26.2. The van der Waals surface area contributed by atoms with Crippen molar-refractivity contribution in [3.63, 3.8) is 0 Å². The van der Waals surface area contributed by atoms with E-state index in [0.717, 1.165) is 19.3 Å². The van der Waals surface area contributed by atoms with Crippen molar-refractivity contribution in [2.75, 3.05) is 6.54 Å². The maximum absolute atomic E-state index is 13.4. The lowest BCUT2D eigenvalue weighted by Gasteiger charge is -2.58. The van der Waals surface area contributed by atoms with E-state index >= 15 is 0 Å². The van der Waals surface area contributed by atoms with Crippen LogP contribution in [0.3, 0.4) is 0 Å². The number of carbonyl (C=O) groups is 2. The van der Waals surface area contributed by atoms with Gasteiger partial charge in [0.15, 0.2) is 0 Å². The number of likely N-dealkylation sites (tertiary alicyclic amines) is 1. The van der Waals surface area contributed by atoms with Gasteiger partial charge in [-0.15, -0.1) is 0 Å². The minimum Gasteiger partial charge on any atom is -0.481 e. The van der Waals surface area contributed by atoms with Crippen LogP contribution in [0.15, 0.2) is 0 Å². The van der Waals surface area contributed by atoms with E-state index in [1.165, 1.54) is 4.90 Å². The van der Waals surface area contributed by atoms with Gasteiger partial charge >= 0.3 is 12.1 Å². The molecule has 28 heavy (non-hydrogen) atoms. The molecule has 1 amide bonds. The molecular weight excluding hydrogens is 373 g/mol. The molecule has 0 aromatic rings. The van der Waals surface area contributed by atoms with E-state index in [1.54, 1.807) is 13.8 Å². The Balaban J connectivity index is 1.49. The van der Waals surface area contributed by atoms with Crippen molar-refractivity contribution in [1.29, 1.82) is 0 Å². The molecule has 158 valence electrons. The minimum atomic E-state index is -4.34. The molecule has 0 aromatic carbocycles. The van der Waals surface area contributed by atoms with Crippen molar-refractivity contribution >= 4 is 11.9 Å². The third-order valence-electron chi connectivity index (χ3n) is 7.93. The molecule has 1 saturated heterocycles. The van der Waals surface area contributed by atoms with Gasteiger partial charge in [0.25, 0.3) is 0 Å². The first kappa shape index (κ1) is 20.0. The SMILES string of the molecule is CC(C)(C(=O)NC1C2CC3CC1CC(C(=O)O)(C3)C2)N1CCCC1C(F)(F)F. The van der Waals surface area contributed by atoms with Gasteiger partial charge in [0.2, 0.25) is 5.91 Å². The van der Waals surface area contributed by atoms with Gasteiger partial charge in [-0.25, -0.2) is 0 Å². The Hall–Kier alpha value is -1.31. The Labute approximate surface area is 163 Å². The van der Waals surface area contributed by atoms with E-state index in [1.807, 2.05) is 0 Å². The Morgan fingerprint density at radius 3 is 2.25 bits per heavy atom. The molecule has 8 heteroatoms. The molecule has 1 heterocycles. The number of carboxylic acid groups (broad SMARTS) is 1. The quantitative estimate of drug-likeness (QED) is 0.758. The highest BCUT2D eigenvalue weighted by molar-refractivity contribution is 5.86. The smallest absolute Gasteiger partial charge is 0.404 e. The van der Waals surface area contributed by atoms with Crippen LogP contribution in [0.1, 0.15) is 58.8 Å². The van der Waals surface area contributed by atoms with Gasteiger partial charge in [0.05, 0.1) is 11.0 Å². The van der Waals surface area contributed by atoms with E-state index in [0.29, 0.717) is 25.2 Å². The number of halogens is 3. The van der Waals surface area contributed by atoms with E-state index in [4.69, 9.17) is 0 Å². The molecule has 4 aliphatic carbocycles. The van der Waals surface area contributed by atoms with E-state index in [-0.39, 0.29) is 36.8 Å². The first-order chi connectivity index (χ1) is 12.9. The van der Waals surface area contributed by atoms with Crippen molar-refractivity contribution in [2.24, 2.45) is 23.2 Å². The lowest BCUT2D eigenvalue weighted by atomic mass is 9.48. The number of carboxylic acids is 1. The topological polar surface area (TPSA) is 69.6 Å². The Bertz CT molecular complexity index is 662. The molecule has 0 radical (unpaired) electrons. The van der Waals surface area contributed by atoms with Gasteiger partial charge in [-0.1, -0.05) is 0 Å². The number of aliphatic carboxylic acids is 1. The van der Waals surface area contributed by atoms with Gasteiger partial charge in [-0.05, 0) is 83.1 Å². The molecule has 1 aliphatic heterocycles. The summed E-state index contributed by atoms with van der Waals surface area (Å²) >= 11 is 0. The molecule has 0 aromatic heterocycles. The van der Waals surface area contributed by atoms with Crippen LogP contribution >= 0.6 is 0 Å². The van der Waals surface area contributed by atoms with Gasteiger partial charge in [0, 0.05) is 6.04 Å². The zero-order valence-electron chi connectivity index (χ0n) is 16.4. The maximum Gasteiger partial charge on any atom is 0.404 e. The molecule has 5 rings (SSSR count). The van der Waals surface area contributed by atoms with Crippen molar-refractivity contribution < 1.29 is 27.9 Å². The van der Waals surface area contributed by atoms with Crippen molar-refractivity contribution in [1.82, 2.24) is 10.2 Å². The predicted molar refractivity (Wildman–Crippen MR) is 95.4 cm³/mol. The average molecular weight is 402 g/mol. The molecule has 4 saturated carbocycles. The molecule has 5 aliphatic rings. The highest BCUT2D eigenvalue weighted by Crippen LogP contribution is 2.60. The lowest BCUT2D eigenvalue weighted by molar-refractivity contribution is -0.189. The van der Waals surface area contributed by atoms with Gasteiger partial charge in [-0.2, -0.15) is 13.2 Å². The Morgan fingerprint density at radius 1 is 1.11 bits per heavy atom. The zero-order valence-corrected chi connectivity index (χ0v) is 16.4. The van der Waals surface area contributed by atoms with E-state index in [9.17, 15) is 27.9 Å². The third-order valence-corrected chi connectivity index (χ3v) is 7.93. The number of nitrogens with one attached hydrogen (secondary N) is 1. The molecule has 5 nitrogen and oxygen atoms in total. The van der Waals surface area contributed by atoms with E-state index in [2.05, 4.69) is 5.32 Å². The number of hydrogen-bond donors (Lipinski definition) is 2. The number of amides is 1. The number of carbonyl (C=O) groups excluding carboxylic acids is 1. The second kappa shape index (κ2) is 6.34. The molecular formula is C20H29F3N2O3. The van der Waals surface area contributed by atoms with Gasteiger partial charge in [-0.3, -0.25) is 14.5 Å². The highest BCUT2D eigenvalue weighted by atomic mass is 19.4. The predicted octanol–water partition coefficient (Wildman–Crippen LogP) is 3.19. The molecule has 2 N–H and O–H groups in total. The number of alkyl halides is 3. The largest absolute Gasteiger partial charge is 0.481 e. The first-order valence-corrected chi connectivity index (χ1v) is 10.3. The number of rotatable bonds is 4.